The summed E-state index contributed by atoms with van der Waals surface area (Å²) in [5.74, 6) is 0.409. The third kappa shape index (κ3) is 3.52. The monoisotopic (exact) mass is 392 g/mol. The Morgan fingerprint density at radius 2 is 1.79 bits per heavy atom. The quantitative estimate of drug-likeness (QED) is 0.373. The second kappa shape index (κ2) is 7.89. The van der Waals surface area contributed by atoms with Crippen LogP contribution in [0, 0.1) is 10.1 Å². The molecule has 1 aliphatic heterocycles. The molecule has 0 aliphatic carbocycles. The number of fused-ring (bicyclic) bond motifs is 1. The lowest BCUT2D eigenvalue weighted by molar-refractivity contribution is -0.384. The zero-order valence-electron chi connectivity index (χ0n) is 16.0. The van der Waals surface area contributed by atoms with Gasteiger partial charge >= 0.3 is 0 Å². The van der Waals surface area contributed by atoms with Crippen LogP contribution in [-0.4, -0.2) is 44.1 Å². The van der Waals surface area contributed by atoms with Gasteiger partial charge in [0.25, 0.3) is 5.69 Å². The molecule has 1 aliphatic rings. The number of carbonyl (C=O) groups is 1. The first-order valence-corrected chi connectivity index (χ1v) is 9.31. The van der Waals surface area contributed by atoms with Crippen molar-refractivity contribution in [2.45, 2.75) is 0 Å². The standard InChI is InChI=1S/C22H20N2O5/c1-28-21-9-7-18(16-4-2-3-5-17(16)21)22(25)15-6-8-19(20(14-15)24(26)27)23-10-12-29-13-11-23/h2-9,14H,10-13H2,1H3. The minimum Gasteiger partial charge on any atom is -0.496 e. The average Bonchev–Trinajstić information content (AvgIpc) is 2.78. The highest BCUT2D eigenvalue weighted by atomic mass is 16.6. The second-order valence-electron chi connectivity index (χ2n) is 6.75. The average molecular weight is 392 g/mol. The van der Waals surface area contributed by atoms with E-state index in [4.69, 9.17) is 9.47 Å². The Morgan fingerprint density at radius 1 is 1.07 bits per heavy atom. The lowest BCUT2D eigenvalue weighted by Crippen LogP contribution is -2.36. The third-order valence-electron chi connectivity index (χ3n) is 5.13. The molecular weight excluding hydrogens is 372 g/mol. The molecule has 0 amide bonds. The van der Waals surface area contributed by atoms with Crippen molar-refractivity contribution in [2.24, 2.45) is 0 Å². The summed E-state index contributed by atoms with van der Waals surface area (Å²) in [6, 6.07) is 15.6. The number of ether oxygens (including phenoxy) is 2. The van der Waals surface area contributed by atoms with Gasteiger partial charge in [-0.25, -0.2) is 0 Å². The van der Waals surface area contributed by atoms with Gasteiger partial charge in [-0.05, 0) is 29.7 Å². The Kier molecular flexibility index (Phi) is 5.14. The number of hydrogen-bond acceptors (Lipinski definition) is 6. The van der Waals surface area contributed by atoms with Crippen LogP contribution in [0.5, 0.6) is 5.75 Å². The van der Waals surface area contributed by atoms with E-state index in [9.17, 15) is 14.9 Å². The van der Waals surface area contributed by atoms with E-state index in [1.807, 2.05) is 29.2 Å². The fourth-order valence-electron chi connectivity index (χ4n) is 3.69. The number of rotatable bonds is 5. The molecule has 4 rings (SSSR count). The van der Waals surface area contributed by atoms with Crippen molar-refractivity contribution in [1.82, 2.24) is 0 Å². The predicted molar refractivity (Wildman–Crippen MR) is 110 cm³/mol. The van der Waals surface area contributed by atoms with Crippen molar-refractivity contribution in [3.63, 3.8) is 0 Å². The Hall–Kier alpha value is -3.45. The molecule has 1 saturated heterocycles. The molecule has 0 aromatic heterocycles. The summed E-state index contributed by atoms with van der Waals surface area (Å²) in [7, 11) is 1.58. The van der Waals surface area contributed by atoms with Gasteiger partial charge < -0.3 is 14.4 Å². The lowest BCUT2D eigenvalue weighted by Gasteiger charge is -2.28. The molecule has 0 unspecified atom stereocenters. The highest BCUT2D eigenvalue weighted by molar-refractivity contribution is 6.17. The van der Waals surface area contributed by atoms with Crippen LogP contribution in [0.15, 0.2) is 54.6 Å². The molecule has 0 bridgehead atoms. The highest BCUT2D eigenvalue weighted by Gasteiger charge is 2.24. The van der Waals surface area contributed by atoms with Crippen LogP contribution in [0.4, 0.5) is 11.4 Å². The van der Waals surface area contributed by atoms with E-state index in [-0.39, 0.29) is 17.0 Å². The number of ketones is 1. The van der Waals surface area contributed by atoms with Crippen molar-refractivity contribution < 1.29 is 19.2 Å². The second-order valence-corrected chi connectivity index (χ2v) is 6.75. The van der Waals surface area contributed by atoms with Gasteiger partial charge in [0, 0.05) is 35.7 Å². The van der Waals surface area contributed by atoms with Crippen molar-refractivity contribution in [1.29, 1.82) is 0 Å². The first kappa shape index (κ1) is 18.9. The molecule has 1 heterocycles. The minimum atomic E-state index is -0.437. The van der Waals surface area contributed by atoms with Gasteiger partial charge in [0.1, 0.15) is 11.4 Å². The number of nitro groups is 1. The van der Waals surface area contributed by atoms with Crippen LogP contribution in [0.2, 0.25) is 0 Å². The number of benzene rings is 3. The molecule has 7 nitrogen and oxygen atoms in total. The molecule has 0 N–H and O–H groups in total. The van der Waals surface area contributed by atoms with E-state index >= 15 is 0 Å². The molecule has 1 fully saturated rings. The van der Waals surface area contributed by atoms with Crippen molar-refractivity contribution in [2.75, 3.05) is 38.3 Å². The highest BCUT2D eigenvalue weighted by Crippen LogP contribution is 2.33. The molecule has 3 aromatic carbocycles. The Balaban J connectivity index is 1.77. The van der Waals surface area contributed by atoms with Crippen molar-refractivity contribution in [3.05, 3.63) is 75.8 Å². The number of carbonyl (C=O) groups excluding carboxylic acids is 1. The van der Waals surface area contributed by atoms with Crippen LogP contribution < -0.4 is 9.64 Å². The van der Waals surface area contributed by atoms with Crippen LogP contribution >= 0.6 is 0 Å². The summed E-state index contributed by atoms with van der Waals surface area (Å²) < 4.78 is 10.7. The molecular formula is C22H20N2O5. The van der Waals surface area contributed by atoms with Crippen LogP contribution in [0.3, 0.4) is 0 Å². The predicted octanol–water partition coefficient (Wildman–Crippen LogP) is 3.82. The van der Waals surface area contributed by atoms with Gasteiger partial charge in [-0.15, -0.1) is 0 Å². The molecule has 0 saturated carbocycles. The molecule has 0 atom stereocenters. The summed E-state index contributed by atoms with van der Waals surface area (Å²) >= 11 is 0. The lowest BCUT2D eigenvalue weighted by atomic mass is 9.96. The van der Waals surface area contributed by atoms with Crippen molar-refractivity contribution in [3.8, 4) is 5.75 Å². The summed E-state index contributed by atoms with van der Waals surface area (Å²) in [6.07, 6.45) is 0. The number of nitro benzene ring substituents is 1. The Morgan fingerprint density at radius 3 is 2.48 bits per heavy atom. The maximum atomic E-state index is 13.2. The zero-order chi connectivity index (χ0) is 20.4. The first-order valence-electron chi connectivity index (χ1n) is 9.31. The third-order valence-corrected chi connectivity index (χ3v) is 5.13. The minimum absolute atomic E-state index is 0.0735. The fourth-order valence-corrected chi connectivity index (χ4v) is 3.69. The largest absolute Gasteiger partial charge is 0.496 e. The van der Waals surface area contributed by atoms with Gasteiger partial charge in [0.2, 0.25) is 0 Å². The SMILES string of the molecule is COc1ccc(C(=O)c2ccc(N3CCOCC3)c([N+](=O)[O-])c2)c2ccccc12. The Labute approximate surface area is 167 Å². The van der Waals surface area contributed by atoms with E-state index in [1.165, 1.54) is 6.07 Å². The number of methoxy groups -OCH3 is 1. The van der Waals surface area contributed by atoms with Gasteiger partial charge in [-0.1, -0.05) is 24.3 Å². The topological polar surface area (TPSA) is 81.9 Å². The van der Waals surface area contributed by atoms with E-state index in [0.717, 1.165) is 10.8 Å². The zero-order valence-corrected chi connectivity index (χ0v) is 16.0. The summed E-state index contributed by atoms with van der Waals surface area (Å²) in [5.41, 5.74) is 1.20. The van der Waals surface area contributed by atoms with E-state index in [1.54, 1.807) is 31.4 Å². The molecule has 0 radical (unpaired) electrons. The fraction of sp³-hybridized carbons (Fsp3) is 0.227. The van der Waals surface area contributed by atoms with Gasteiger partial charge in [0.05, 0.1) is 25.2 Å². The van der Waals surface area contributed by atoms with Gasteiger partial charge in [-0.3, -0.25) is 14.9 Å². The first-order chi connectivity index (χ1) is 14.1. The van der Waals surface area contributed by atoms with Crippen molar-refractivity contribution >= 4 is 27.9 Å². The molecule has 0 spiro atoms. The van der Waals surface area contributed by atoms with E-state index in [2.05, 4.69) is 0 Å². The summed E-state index contributed by atoms with van der Waals surface area (Å²) in [6.45, 7) is 2.21. The van der Waals surface area contributed by atoms with E-state index in [0.29, 0.717) is 43.3 Å². The number of anilines is 1. The van der Waals surface area contributed by atoms with E-state index < -0.39 is 4.92 Å². The maximum Gasteiger partial charge on any atom is 0.293 e. The molecule has 7 heteroatoms. The normalized spacial score (nSPS) is 14.0. The van der Waals surface area contributed by atoms with Gasteiger partial charge in [-0.2, -0.15) is 0 Å². The Bertz CT molecular complexity index is 1090. The van der Waals surface area contributed by atoms with Crippen LogP contribution in [-0.2, 0) is 4.74 Å². The summed E-state index contributed by atoms with van der Waals surface area (Å²) in [4.78, 5) is 26.4. The molecule has 148 valence electrons. The van der Waals surface area contributed by atoms with Crippen LogP contribution in [0.25, 0.3) is 10.8 Å². The summed E-state index contributed by atoms with van der Waals surface area (Å²) in [5, 5.41) is 13.3. The number of hydrogen-bond donors (Lipinski definition) is 0. The molecule has 29 heavy (non-hydrogen) atoms. The molecule has 3 aromatic rings. The number of nitrogens with zero attached hydrogens (tertiary/aromatic N) is 2. The maximum absolute atomic E-state index is 13.2. The van der Waals surface area contributed by atoms with Crippen LogP contribution in [0.1, 0.15) is 15.9 Å². The van der Waals surface area contributed by atoms with Gasteiger partial charge in [0.15, 0.2) is 5.78 Å². The number of morpholine rings is 1. The smallest absolute Gasteiger partial charge is 0.293 e.